The lowest BCUT2D eigenvalue weighted by atomic mass is 9.83. The van der Waals surface area contributed by atoms with E-state index in [-0.39, 0.29) is 23.5 Å². The second-order valence-corrected chi connectivity index (χ2v) is 10.5. The summed E-state index contributed by atoms with van der Waals surface area (Å²) in [7, 11) is 0. The largest absolute Gasteiger partial charge is 0.507 e. The SMILES string of the molecule is CC(C)CC(=O)O[C@H]1[C@H](N2CCOCC2)c2c(ccc(/C=C/C(=O)N3CCOCC3)c2O)OC1(C)C. The predicted molar refractivity (Wildman–Crippen MR) is 134 cm³/mol. The monoisotopic (exact) mass is 502 g/mol. The van der Waals surface area contributed by atoms with Gasteiger partial charge in [0.05, 0.1) is 38.0 Å². The number of hydrogen-bond donors (Lipinski definition) is 1. The highest BCUT2D eigenvalue weighted by atomic mass is 16.6. The van der Waals surface area contributed by atoms with Crippen molar-refractivity contribution < 1.29 is 33.6 Å². The third-order valence-electron chi connectivity index (χ3n) is 6.85. The second-order valence-electron chi connectivity index (χ2n) is 10.5. The number of carbonyl (C=O) groups excluding carboxylic acids is 2. The summed E-state index contributed by atoms with van der Waals surface area (Å²) in [4.78, 5) is 29.3. The fraction of sp³-hybridized carbons (Fsp3) is 0.630. The molecule has 36 heavy (non-hydrogen) atoms. The summed E-state index contributed by atoms with van der Waals surface area (Å²) in [5.41, 5.74) is 0.252. The van der Waals surface area contributed by atoms with E-state index in [9.17, 15) is 14.7 Å². The number of morpholine rings is 2. The molecule has 0 aromatic heterocycles. The van der Waals surface area contributed by atoms with E-state index in [1.54, 1.807) is 17.0 Å². The third-order valence-corrected chi connectivity index (χ3v) is 6.85. The molecule has 2 saturated heterocycles. The minimum atomic E-state index is -0.821. The topological polar surface area (TPSA) is 97.8 Å². The first-order valence-electron chi connectivity index (χ1n) is 12.8. The van der Waals surface area contributed by atoms with Crippen molar-refractivity contribution in [3.63, 3.8) is 0 Å². The number of ether oxygens (including phenoxy) is 4. The summed E-state index contributed by atoms with van der Waals surface area (Å²) in [5, 5.41) is 11.5. The first-order chi connectivity index (χ1) is 17.2. The Labute approximate surface area is 212 Å². The van der Waals surface area contributed by atoms with Crippen molar-refractivity contribution in [1.82, 2.24) is 9.80 Å². The smallest absolute Gasteiger partial charge is 0.306 e. The minimum Gasteiger partial charge on any atom is -0.507 e. The van der Waals surface area contributed by atoms with Crippen LogP contribution in [-0.2, 0) is 23.8 Å². The number of nitrogens with zero attached hydrogens (tertiary/aromatic N) is 2. The maximum Gasteiger partial charge on any atom is 0.306 e. The van der Waals surface area contributed by atoms with Crippen molar-refractivity contribution >= 4 is 18.0 Å². The summed E-state index contributed by atoms with van der Waals surface area (Å²) < 4.78 is 23.3. The summed E-state index contributed by atoms with van der Waals surface area (Å²) >= 11 is 0. The zero-order valence-corrected chi connectivity index (χ0v) is 21.7. The van der Waals surface area contributed by atoms with Crippen LogP contribution in [0.1, 0.15) is 51.3 Å². The van der Waals surface area contributed by atoms with Crippen molar-refractivity contribution in [3.8, 4) is 11.5 Å². The normalized spacial score (nSPS) is 24.4. The van der Waals surface area contributed by atoms with Gasteiger partial charge in [-0.25, -0.2) is 0 Å². The van der Waals surface area contributed by atoms with Crippen LogP contribution in [0.5, 0.6) is 11.5 Å². The highest BCUT2D eigenvalue weighted by Gasteiger charge is 2.50. The summed E-state index contributed by atoms with van der Waals surface area (Å²) in [6, 6.07) is 3.14. The van der Waals surface area contributed by atoms with E-state index in [1.807, 2.05) is 33.8 Å². The van der Waals surface area contributed by atoms with Gasteiger partial charge in [0.15, 0.2) is 6.10 Å². The summed E-state index contributed by atoms with van der Waals surface area (Å²) in [6.45, 7) is 12.3. The van der Waals surface area contributed by atoms with Crippen molar-refractivity contribution in [1.29, 1.82) is 0 Å². The number of phenols is 1. The molecule has 1 aromatic carbocycles. The maximum atomic E-state index is 12.8. The van der Waals surface area contributed by atoms with Crippen LogP contribution >= 0.6 is 0 Å². The first kappa shape index (κ1) is 26.4. The second kappa shape index (κ2) is 11.2. The van der Waals surface area contributed by atoms with Gasteiger partial charge < -0.3 is 29.0 Å². The van der Waals surface area contributed by atoms with Gasteiger partial charge in [0.2, 0.25) is 5.91 Å². The van der Waals surface area contributed by atoms with E-state index in [0.717, 1.165) is 0 Å². The van der Waals surface area contributed by atoms with Gasteiger partial charge in [-0.1, -0.05) is 13.8 Å². The molecular formula is C27H38N2O7. The number of carbonyl (C=O) groups is 2. The number of aromatic hydroxyl groups is 1. The first-order valence-corrected chi connectivity index (χ1v) is 12.8. The van der Waals surface area contributed by atoms with E-state index in [4.69, 9.17) is 18.9 Å². The lowest BCUT2D eigenvalue weighted by Crippen LogP contribution is -2.57. The minimum absolute atomic E-state index is 0.0235. The third kappa shape index (κ3) is 5.85. The molecule has 4 rings (SSSR count). The van der Waals surface area contributed by atoms with Gasteiger partial charge in [-0.2, -0.15) is 0 Å². The number of amides is 1. The predicted octanol–water partition coefficient (Wildman–Crippen LogP) is 2.77. The van der Waals surface area contributed by atoms with Crippen LogP contribution in [-0.4, -0.2) is 91.1 Å². The van der Waals surface area contributed by atoms with Gasteiger partial charge >= 0.3 is 5.97 Å². The molecule has 3 aliphatic heterocycles. The summed E-state index contributed by atoms with van der Waals surface area (Å²) in [5.74, 6) is 0.309. The zero-order valence-electron chi connectivity index (χ0n) is 21.7. The molecule has 2 fully saturated rings. The molecule has 0 saturated carbocycles. The van der Waals surface area contributed by atoms with Crippen LogP contribution in [0.2, 0.25) is 0 Å². The Bertz CT molecular complexity index is 979. The molecule has 3 aliphatic rings. The Hall–Kier alpha value is -2.62. The van der Waals surface area contributed by atoms with Crippen molar-refractivity contribution in [2.24, 2.45) is 5.92 Å². The van der Waals surface area contributed by atoms with E-state index in [0.29, 0.717) is 75.9 Å². The van der Waals surface area contributed by atoms with Gasteiger partial charge in [0, 0.05) is 44.2 Å². The maximum absolute atomic E-state index is 12.8. The number of esters is 1. The van der Waals surface area contributed by atoms with E-state index < -0.39 is 17.7 Å². The van der Waals surface area contributed by atoms with Crippen LogP contribution in [0.4, 0.5) is 0 Å². The van der Waals surface area contributed by atoms with Gasteiger partial charge in [-0.15, -0.1) is 0 Å². The van der Waals surface area contributed by atoms with E-state index >= 15 is 0 Å². The Morgan fingerprint density at radius 2 is 1.75 bits per heavy atom. The molecule has 9 heteroatoms. The van der Waals surface area contributed by atoms with E-state index in [2.05, 4.69) is 4.90 Å². The van der Waals surface area contributed by atoms with E-state index in [1.165, 1.54) is 6.08 Å². The van der Waals surface area contributed by atoms with Gasteiger partial charge in [0.25, 0.3) is 0 Å². The highest BCUT2D eigenvalue weighted by molar-refractivity contribution is 5.92. The van der Waals surface area contributed by atoms with Gasteiger partial charge in [-0.05, 0) is 38.0 Å². The Morgan fingerprint density at radius 1 is 1.11 bits per heavy atom. The number of phenolic OH excluding ortho intramolecular Hbond substituents is 1. The Kier molecular flexibility index (Phi) is 8.22. The number of fused-ring (bicyclic) bond motifs is 1. The van der Waals surface area contributed by atoms with Crippen molar-refractivity contribution in [2.45, 2.75) is 51.9 Å². The molecule has 198 valence electrons. The molecule has 1 amide bonds. The molecule has 0 spiro atoms. The molecule has 0 bridgehead atoms. The lowest BCUT2D eigenvalue weighted by molar-refractivity contribution is -0.175. The van der Waals surface area contributed by atoms with Gasteiger partial charge in [0.1, 0.15) is 17.1 Å². The standard InChI is InChI=1S/C27H38N2O7/c1-18(2)17-22(31)35-26-24(29-11-15-34-16-12-29)23-20(36-27(26,3)4)7-5-19(25(23)32)6-8-21(30)28-9-13-33-14-10-28/h5-8,18,24,26,32H,9-17H2,1-4H3/b8-6+/t24-,26+/m1/s1. The molecular weight excluding hydrogens is 464 g/mol. The molecule has 0 radical (unpaired) electrons. The molecule has 9 nitrogen and oxygen atoms in total. The van der Waals surface area contributed by atoms with Crippen LogP contribution in [0.25, 0.3) is 6.08 Å². The van der Waals surface area contributed by atoms with Crippen molar-refractivity contribution in [3.05, 3.63) is 29.3 Å². The molecule has 2 atom stereocenters. The molecule has 1 aromatic rings. The quantitative estimate of drug-likeness (QED) is 0.469. The average molecular weight is 503 g/mol. The fourth-order valence-corrected chi connectivity index (χ4v) is 5.00. The Morgan fingerprint density at radius 3 is 2.39 bits per heavy atom. The summed E-state index contributed by atoms with van der Waals surface area (Å²) in [6.07, 6.45) is 2.76. The van der Waals surface area contributed by atoms with Crippen LogP contribution in [0.15, 0.2) is 18.2 Å². The van der Waals surface area contributed by atoms with Crippen LogP contribution in [0.3, 0.4) is 0 Å². The van der Waals surface area contributed by atoms with Crippen molar-refractivity contribution in [2.75, 3.05) is 52.6 Å². The number of rotatable bonds is 6. The molecule has 3 heterocycles. The van der Waals surface area contributed by atoms with Crippen LogP contribution < -0.4 is 4.74 Å². The number of benzene rings is 1. The zero-order chi connectivity index (χ0) is 25.9. The highest BCUT2D eigenvalue weighted by Crippen LogP contribution is 2.49. The molecule has 1 N–H and O–H groups in total. The number of hydrogen-bond acceptors (Lipinski definition) is 8. The molecule has 0 aliphatic carbocycles. The Balaban J connectivity index is 1.69. The average Bonchev–Trinajstić information content (AvgIpc) is 2.84. The molecule has 0 unspecified atom stereocenters. The fourth-order valence-electron chi connectivity index (χ4n) is 5.00. The van der Waals surface area contributed by atoms with Crippen LogP contribution in [0, 0.1) is 5.92 Å². The lowest BCUT2D eigenvalue weighted by Gasteiger charge is -2.48. The van der Waals surface area contributed by atoms with Gasteiger partial charge in [-0.3, -0.25) is 14.5 Å².